The third-order valence-corrected chi connectivity index (χ3v) is 1.97. The molecule has 2 N–H and O–H groups in total. The Kier molecular flexibility index (Phi) is 4.86. The molecule has 1 amide bonds. The van der Waals surface area contributed by atoms with Gasteiger partial charge in [0.05, 0.1) is 0 Å². The number of carbonyl (C=O) groups excluding carboxylic acids is 2. The maximum atomic E-state index is 11.4. The van der Waals surface area contributed by atoms with Crippen LogP contribution in [0.5, 0.6) is 0 Å². The van der Waals surface area contributed by atoms with Crippen molar-refractivity contribution in [3.05, 3.63) is 23.9 Å². The maximum absolute atomic E-state index is 11.4. The quantitative estimate of drug-likeness (QED) is 0.814. The summed E-state index contributed by atoms with van der Waals surface area (Å²) in [6, 6.07) is 3.44. The number of aromatic nitrogens is 1. The standard InChI is InChI=1S/C13H19N3O3/c1-9(17)7-10-5-6-14-11(8-10)15-16-12(18)19-13(2,3)4/h5-6,8H,7H2,1-4H3,(H,14,15)(H,16,18). The van der Waals surface area contributed by atoms with Crippen LogP contribution in [0, 0.1) is 0 Å². The van der Waals surface area contributed by atoms with Gasteiger partial charge in [-0.15, -0.1) is 0 Å². The van der Waals surface area contributed by atoms with Gasteiger partial charge in [-0.05, 0) is 45.4 Å². The van der Waals surface area contributed by atoms with Crippen LogP contribution in [0.15, 0.2) is 18.3 Å². The molecule has 0 radical (unpaired) electrons. The van der Waals surface area contributed by atoms with E-state index in [9.17, 15) is 9.59 Å². The Labute approximate surface area is 112 Å². The van der Waals surface area contributed by atoms with E-state index in [1.807, 2.05) is 0 Å². The number of carbonyl (C=O) groups is 2. The van der Waals surface area contributed by atoms with E-state index in [2.05, 4.69) is 15.8 Å². The molecule has 1 rings (SSSR count). The largest absolute Gasteiger partial charge is 0.443 e. The average molecular weight is 265 g/mol. The smallest absolute Gasteiger partial charge is 0.426 e. The number of nitrogens with zero attached hydrogens (tertiary/aromatic N) is 1. The van der Waals surface area contributed by atoms with E-state index in [1.165, 1.54) is 6.92 Å². The number of hydrogen-bond donors (Lipinski definition) is 2. The van der Waals surface area contributed by atoms with Crippen molar-refractivity contribution in [1.82, 2.24) is 10.4 Å². The molecule has 0 aliphatic heterocycles. The summed E-state index contributed by atoms with van der Waals surface area (Å²) in [6.07, 6.45) is 1.31. The van der Waals surface area contributed by atoms with Crippen LogP contribution in [0.4, 0.5) is 10.6 Å². The summed E-state index contributed by atoms with van der Waals surface area (Å²) in [5.74, 6) is 0.516. The Morgan fingerprint density at radius 2 is 2.05 bits per heavy atom. The highest BCUT2D eigenvalue weighted by atomic mass is 16.6. The van der Waals surface area contributed by atoms with Gasteiger partial charge in [0.2, 0.25) is 0 Å². The second-order valence-corrected chi connectivity index (χ2v) is 5.18. The number of hydrazine groups is 1. The lowest BCUT2D eigenvalue weighted by atomic mass is 10.1. The maximum Gasteiger partial charge on any atom is 0.426 e. The Bertz CT molecular complexity index is 466. The molecular formula is C13H19N3O3. The molecule has 0 saturated carbocycles. The minimum Gasteiger partial charge on any atom is -0.443 e. The van der Waals surface area contributed by atoms with E-state index >= 15 is 0 Å². The normalized spacial score (nSPS) is 10.7. The first-order chi connectivity index (χ1) is 8.76. The van der Waals surface area contributed by atoms with E-state index < -0.39 is 11.7 Å². The number of ketones is 1. The van der Waals surface area contributed by atoms with Gasteiger partial charge in [-0.1, -0.05) is 0 Å². The molecule has 6 heteroatoms. The zero-order chi connectivity index (χ0) is 14.5. The zero-order valence-corrected chi connectivity index (χ0v) is 11.6. The van der Waals surface area contributed by atoms with E-state index in [1.54, 1.807) is 39.1 Å². The third kappa shape index (κ3) is 6.40. The van der Waals surface area contributed by atoms with Crippen LogP contribution in [0.2, 0.25) is 0 Å². The fourth-order valence-electron chi connectivity index (χ4n) is 1.36. The van der Waals surface area contributed by atoms with Gasteiger partial charge in [0, 0.05) is 12.6 Å². The fraction of sp³-hybridized carbons (Fsp3) is 0.462. The lowest BCUT2D eigenvalue weighted by Gasteiger charge is -2.19. The Balaban J connectivity index is 2.53. The van der Waals surface area contributed by atoms with Gasteiger partial charge < -0.3 is 4.74 Å². The predicted octanol–water partition coefficient (Wildman–Crippen LogP) is 2.06. The van der Waals surface area contributed by atoms with Crippen molar-refractivity contribution < 1.29 is 14.3 Å². The molecule has 0 aliphatic carbocycles. The lowest BCUT2D eigenvalue weighted by molar-refractivity contribution is -0.116. The monoisotopic (exact) mass is 265 g/mol. The second kappa shape index (κ2) is 6.17. The molecule has 0 fully saturated rings. The van der Waals surface area contributed by atoms with E-state index in [0.717, 1.165) is 5.56 Å². The number of hydrogen-bond acceptors (Lipinski definition) is 5. The predicted molar refractivity (Wildman–Crippen MR) is 71.6 cm³/mol. The lowest BCUT2D eigenvalue weighted by Crippen LogP contribution is -2.36. The van der Waals surface area contributed by atoms with E-state index in [0.29, 0.717) is 12.2 Å². The van der Waals surface area contributed by atoms with Crippen molar-refractivity contribution in [3.63, 3.8) is 0 Å². The highest BCUT2D eigenvalue weighted by Crippen LogP contribution is 2.08. The summed E-state index contributed by atoms with van der Waals surface area (Å²) >= 11 is 0. The first-order valence-corrected chi connectivity index (χ1v) is 5.95. The van der Waals surface area contributed by atoms with Crippen molar-refractivity contribution in [2.75, 3.05) is 5.43 Å². The third-order valence-electron chi connectivity index (χ3n) is 1.97. The summed E-state index contributed by atoms with van der Waals surface area (Å²) in [4.78, 5) is 26.5. The summed E-state index contributed by atoms with van der Waals surface area (Å²) in [5.41, 5.74) is 5.28. The zero-order valence-electron chi connectivity index (χ0n) is 11.6. The molecule has 0 aliphatic rings. The number of Topliss-reactive ketones (excluding diaryl/α,β-unsaturated/α-hetero) is 1. The number of anilines is 1. The molecule has 0 saturated heterocycles. The minimum absolute atomic E-state index is 0.0669. The van der Waals surface area contributed by atoms with Crippen LogP contribution < -0.4 is 10.9 Å². The van der Waals surface area contributed by atoms with Gasteiger partial charge in [0.15, 0.2) is 0 Å². The van der Waals surface area contributed by atoms with E-state index in [-0.39, 0.29) is 5.78 Å². The number of ether oxygens (including phenoxy) is 1. The molecule has 1 heterocycles. The Hall–Kier alpha value is -2.11. The number of rotatable bonds is 4. The molecule has 0 spiro atoms. The molecule has 6 nitrogen and oxygen atoms in total. The van der Waals surface area contributed by atoms with Crippen molar-refractivity contribution in [3.8, 4) is 0 Å². The minimum atomic E-state index is -0.591. The van der Waals surface area contributed by atoms with Gasteiger partial charge in [0.25, 0.3) is 0 Å². The number of nitrogens with one attached hydrogen (secondary N) is 2. The summed E-state index contributed by atoms with van der Waals surface area (Å²) in [7, 11) is 0. The van der Waals surface area contributed by atoms with Gasteiger partial charge in [0.1, 0.15) is 17.2 Å². The van der Waals surface area contributed by atoms with Gasteiger partial charge in [-0.2, -0.15) is 0 Å². The van der Waals surface area contributed by atoms with Crippen LogP contribution in [-0.4, -0.2) is 22.5 Å². The summed E-state index contributed by atoms with van der Waals surface area (Å²) < 4.78 is 5.06. The fourth-order valence-corrected chi connectivity index (χ4v) is 1.36. The molecule has 19 heavy (non-hydrogen) atoms. The first-order valence-electron chi connectivity index (χ1n) is 5.95. The second-order valence-electron chi connectivity index (χ2n) is 5.18. The highest BCUT2D eigenvalue weighted by Gasteiger charge is 2.15. The first kappa shape index (κ1) is 14.9. The molecule has 0 unspecified atom stereocenters. The van der Waals surface area contributed by atoms with Crippen LogP contribution in [0.3, 0.4) is 0 Å². The molecule has 0 atom stereocenters. The average Bonchev–Trinajstić information content (AvgIpc) is 2.23. The van der Waals surface area contributed by atoms with Crippen LogP contribution in [0.25, 0.3) is 0 Å². The Morgan fingerprint density at radius 1 is 1.37 bits per heavy atom. The highest BCUT2D eigenvalue weighted by molar-refractivity contribution is 5.78. The SMILES string of the molecule is CC(=O)Cc1ccnc(NNC(=O)OC(C)(C)C)c1. The van der Waals surface area contributed by atoms with Crippen molar-refractivity contribution in [2.45, 2.75) is 39.7 Å². The molecule has 0 aromatic carbocycles. The number of pyridine rings is 1. The molecule has 1 aromatic heterocycles. The van der Waals surface area contributed by atoms with Gasteiger partial charge in [-0.3, -0.25) is 10.2 Å². The van der Waals surface area contributed by atoms with E-state index in [4.69, 9.17) is 4.74 Å². The van der Waals surface area contributed by atoms with Crippen molar-refractivity contribution >= 4 is 17.7 Å². The van der Waals surface area contributed by atoms with Crippen molar-refractivity contribution in [2.24, 2.45) is 0 Å². The van der Waals surface area contributed by atoms with Crippen molar-refractivity contribution in [1.29, 1.82) is 0 Å². The Morgan fingerprint density at radius 3 is 2.63 bits per heavy atom. The van der Waals surface area contributed by atoms with Crippen LogP contribution >= 0.6 is 0 Å². The topological polar surface area (TPSA) is 80.3 Å². The summed E-state index contributed by atoms with van der Waals surface area (Å²) in [5, 5.41) is 0. The van der Waals surface area contributed by atoms with Gasteiger partial charge in [-0.25, -0.2) is 15.2 Å². The molecule has 0 bridgehead atoms. The summed E-state index contributed by atoms with van der Waals surface area (Å²) in [6.45, 7) is 6.85. The molecule has 1 aromatic rings. The van der Waals surface area contributed by atoms with Crippen LogP contribution in [0.1, 0.15) is 33.3 Å². The molecular weight excluding hydrogens is 246 g/mol. The van der Waals surface area contributed by atoms with Gasteiger partial charge >= 0.3 is 6.09 Å². The number of amides is 1. The molecule has 104 valence electrons. The van der Waals surface area contributed by atoms with Crippen LogP contribution in [-0.2, 0) is 16.0 Å².